The number of nitrogens with two attached hydrogens (primary N) is 1. The molecule has 0 radical (unpaired) electrons. The van der Waals surface area contributed by atoms with Gasteiger partial charge in [0.25, 0.3) is 0 Å². The van der Waals surface area contributed by atoms with Crippen molar-refractivity contribution in [2.75, 3.05) is 13.2 Å². The molecule has 1 fully saturated rings. The molecular weight excluding hydrogens is 238 g/mol. The fraction of sp³-hybridized carbons (Fsp3) is 0.625. The van der Waals surface area contributed by atoms with Crippen molar-refractivity contribution in [3.8, 4) is 5.75 Å². The molecule has 1 aliphatic rings. The minimum atomic E-state index is 0.00747. The Bertz CT molecular complexity index is 398. The lowest BCUT2D eigenvalue weighted by Crippen LogP contribution is -2.11. The Hall–Kier alpha value is -1.06. The number of benzene rings is 1. The molecule has 1 unspecified atom stereocenters. The van der Waals surface area contributed by atoms with Crippen LogP contribution in [0.1, 0.15) is 49.8 Å². The average molecular weight is 263 g/mol. The maximum absolute atomic E-state index is 5.99. The molecule has 3 heteroatoms. The summed E-state index contributed by atoms with van der Waals surface area (Å²) in [5, 5.41) is 0. The monoisotopic (exact) mass is 263 g/mol. The molecule has 106 valence electrons. The third-order valence-corrected chi connectivity index (χ3v) is 3.61. The molecular formula is C16H25NO2. The molecule has 0 saturated carbocycles. The van der Waals surface area contributed by atoms with Crippen LogP contribution in [0.25, 0.3) is 0 Å². The minimum absolute atomic E-state index is 0.00747. The van der Waals surface area contributed by atoms with E-state index in [1.807, 2.05) is 13.0 Å². The molecule has 2 N–H and O–H groups in total. The molecule has 1 aromatic rings. The molecule has 0 aromatic heterocycles. The van der Waals surface area contributed by atoms with Crippen molar-refractivity contribution in [1.82, 2.24) is 0 Å². The van der Waals surface area contributed by atoms with Gasteiger partial charge in [-0.3, -0.25) is 0 Å². The van der Waals surface area contributed by atoms with Crippen LogP contribution in [-0.4, -0.2) is 19.3 Å². The summed E-state index contributed by atoms with van der Waals surface area (Å²) in [4.78, 5) is 0. The van der Waals surface area contributed by atoms with E-state index in [-0.39, 0.29) is 6.04 Å². The molecule has 0 bridgehead atoms. The van der Waals surface area contributed by atoms with E-state index >= 15 is 0 Å². The Labute approximate surface area is 116 Å². The molecule has 19 heavy (non-hydrogen) atoms. The van der Waals surface area contributed by atoms with Crippen LogP contribution in [0.3, 0.4) is 0 Å². The zero-order valence-electron chi connectivity index (χ0n) is 12.0. The standard InChI is InChI=1S/C16H25NO2/c1-12-7-8-16(15(11-12)13(2)17)19-10-4-6-14-5-3-9-18-14/h7-8,11,13-14H,3-6,9-10,17H2,1-2H3/t13-,14?/m1/s1. The van der Waals surface area contributed by atoms with E-state index in [1.54, 1.807) is 0 Å². The zero-order valence-corrected chi connectivity index (χ0v) is 12.0. The highest BCUT2D eigenvalue weighted by molar-refractivity contribution is 5.38. The Morgan fingerprint density at radius 1 is 1.47 bits per heavy atom. The first-order valence-electron chi connectivity index (χ1n) is 7.27. The van der Waals surface area contributed by atoms with Gasteiger partial charge in [-0.05, 0) is 45.6 Å². The Balaban J connectivity index is 1.81. The summed E-state index contributed by atoms with van der Waals surface area (Å²) in [5.74, 6) is 0.924. The summed E-state index contributed by atoms with van der Waals surface area (Å²) in [6, 6.07) is 6.22. The van der Waals surface area contributed by atoms with E-state index in [1.165, 1.54) is 18.4 Å². The second-order valence-corrected chi connectivity index (χ2v) is 5.46. The number of rotatable bonds is 6. The van der Waals surface area contributed by atoms with Crippen molar-refractivity contribution in [1.29, 1.82) is 0 Å². The predicted molar refractivity (Wildman–Crippen MR) is 77.5 cm³/mol. The van der Waals surface area contributed by atoms with Gasteiger partial charge in [-0.1, -0.05) is 17.7 Å². The van der Waals surface area contributed by atoms with E-state index in [2.05, 4.69) is 19.1 Å². The fourth-order valence-electron chi connectivity index (χ4n) is 2.52. The summed E-state index contributed by atoms with van der Waals surface area (Å²) < 4.78 is 11.5. The van der Waals surface area contributed by atoms with E-state index < -0.39 is 0 Å². The largest absolute Gasteiger partial charge is 0.493 e. The summed E-state index contributed by atoms with van der Waals surface area (Å²) in [6.45, 7) is 5.74. The summed E-state index contributed by atoms with van der Waals surface area (Å²) >= 11 is 0. The maximum atomic E-state index is 5.99. The zero-order chi connectivity index (χ0) is 13.7. The van der Waals surface area contributed by atoms with Crippen LogP contribution in [0.4, 0.5) is 0 Å². The quantitative estimate of drug-likeness (QED) is 0.800. The lowest BCUT2D eigenvalue weighted by Gasteiger charge is -2.15. The minimum Gasteiger partial charge on any atom is -0.493 e. The third-order valence-electron chi connectivity index (χ3n) is 3.61. The number of aryl methyl sites for hydroxylation is 1. The smallest absolute Gasteiger partial charge is 0.124 e. The molecule has 0 aliphatic carbocycles. The number of hydrogen-bond acceptors (Lipinski definition) is 3. The van der Waals surface area contributed by atoms with Gasteiger partial charge in [0.05, 0.1) is 12.7 Å². The molecule has 1 aliphatic heterocycles. The van der Waals surface area contributed by atoms with Crippen LogP contribution in [0, 0.1) is 6.92 Å². The van der Waals surface area contributed by atoms with Crippen molar-refractivity contribution in [2.45, 2.75) is 51.7 Å². The van der Waals surface area contributed by atoms with Crippen molar-refractivity contribution in [2.24, 2.45) is 5.73 Å². The van der Waals surface area contributed by atoms with Gasteiger partial charge in [0.2, 0.25) is 0 Å². The highest BCUT2D eigenvalue weighted by Gasteiger charge is 2.15. The van der Waals surface area contributed by atoms with Crippen LogP contribution < -0.4 is 10.5 Å². The fourth-order valence-corrected chi connectivity index (χ4v) is 2.52. The van der Waals surface area contributed by atoms with Crippen molar-refractivity contribution in [3.63, 3.8) is 0 Å². The first kappa shape index (κ1) is 14.4. The van der Waals surface area contributed by atoms with Gasteiger partial charge in [-0.2, -0.15) is 0 Å². The lowest BCUT2D eigenvalue weighted by atomic mass is 10.1. The first-order chi connectivity index (χ1) is 9.16. The molecule has 0 amide bonds. The summed E-state index contributed by atoms with van der Waals surface area (Å²) in [5.41, 5.74) is 8.30. The van der Waals surface area contributed by atoms with Gasteiger partial charge in [0.15, 0.2) is 0 Å². The Kier molecular flexibility index (Phi) is 5.23. The van der Waals surface area contributed by atoms with Crippen molar-refractivity contribution in [3.05, 3.63) is 29.3 Å². The van der Waals surface area contributed by atoms with Crippen LogP contribution >= 0.6 is 0 Å². The highest BCUT2D eigenvalue weighted by Crippen LogP contribution is 2.25. The maximum Gasteiger partial charge on any atom is 0.124 e. The van der Waals surface area contributed by atoms with Gasteiger partial charge in [-0.15, -0.1) is 0 Å². The van der Waals surface area contributed by atoms with Gasteiger partial charge < -0.3 is 15.2 Å². The molecule has 3 nitrogen and oxygen atoms in total. The average Bonchev–Trinajstić information content (AvgIpc) is 2.89. The number of ether oxygens (including phenoxy) is 2. The second kappa shape index (κ2) is 6.92. The predicted octanol–water partition coefficient (Wildman–Crippen LogP) is 3.35. The second-order valence-electron chi connectivity index (χ2n) is 5.46. The Morgan fingerprint density at radius 2 is 2.32 bits per heavy atom. The van der Waals surface area contributed by atoms with E-state index in [9.17, 15) is 0 Å². The summed E-state index contributed by atoms with van der Waals surface area (Å²) in [7, 11) is 0. The lowest BCUT2D eigenvalue weighted by molar-refractivity contribution is 0.0980. The van der Waals surface area contributed by atoms with E-state index in [0.29, 0.717) is 6.10 Å². The van der Waals surface area contributed by atoms with Crippen LogP contribution in [0.2, 0.25) is 0 Å². The topological polar surface area (TPSA) is 44.5 Å². The summed E-state index contributed by atoms with van der Waals surface area (Å²) in [6.07, 6.45) is 5.00. The van der Waals surface area contributed by atoms with Crippen LogP contribution in [0.15, 0.2) is 18.2 Å². The van der Waals surface area contributed by atoms with Crippen LogP contribution in [-0.2, 0) is 4.74 Å². The van der Waals surface area contributed by atoms with Crippen molar-refractivity contribution >= 4 is 0 Å². The SMILES string of the molecule is Cc1ccc(OCCCC2CCCO2)c([C@@H](C)N)c1. The van der Waals surface area contributed by atoms with Gasteiger partial charge in [0, 0.05) is 18.2 Å². The van der Waals surface area contributed by atoms with Gasteiger partial charge >= 0.3 is 0 Å². The van der Waals surface area contributed by atoms with Gasteiger partial charge in [-0.25, -0.2) is 0 Å². The number of hydrogen-bond donors (Lipinski definition) is 1. The van der Waals surface area contributed by atoms with Gasteiger partial charge in [0.1, 0.15) is 5.75 Å². The van der Waals surface area contributed by atoms with Crippen LogP contribution in [0.5, 0.6) is 5.75 Å². The first-order valence-corrected chi connectivity index (χ1v) is 7.27. The van der Waals surface area contributed by atoms with E-state index in [0.717, 1.165) is 37.4 Å². The van der Waals surface area contributed by atoms with Crippen molar-refractivity contribution < 1.29 is 9.47 Å². The molecule has 0 spiro atoms. The Morgan fingerprint density at radius 3 is 3.00 bits per heavy atom. The molecule has 1 heterocycles. The molecule has 1 saturated heterocycles. The molecule has 2 atom stereocenters. The molecule has 1 aromatic carbocycles. The third kappa shape index (κ3) is 4.22. The normalized spacial score (nSPS) is 20.5. The van der Waals surface area contributed by atoms with E-state index in [4.69, 9.17) is 15.2 Å². The molecule has 2 rings (SSSR count). The highest BCUT2D eigenvalue weighted by atomic mass is 16.5.